The number of nitrogens with zero attached hydrogens (tertiary/aromatic N) is 1. The van der Waals surface area contributed by atoms with Crippen LogP contribution in [-0.4, -0.2) is 18.2 Å². The predicted molar refractivity (Wildman–Crippen MR) is 82.7 cm³/mol. The molecule has 3 rings (SSSR count). The van der Waals surface area contributed by atoms with E-state index in [1.54, 1.807) is 12.1 Å². The number of hydrogen-bond acceptors (Lipinski definition) is 3. The minimum absolute atomic E-state index is 0.0344. The lowest BCUT2D eigenvalue weighted by atomic mass is 9.99. The van der Waals surface area contributed by atoms with Crippen LogP contribution in [0, 0.1) is 18.8 Å². The van der Waals surface area contributed by atoms with Crippen LogP contribution in [0.1, 0.15) is 31.2 Å². The lowest BCUT2D eigenvalue weighted by Crippen LogP contribution is -2.27. The van der Waals surface area contributed by atoms with E-state index in [0.717, 1.165) is 23.6 Å². The van der Waals surface area contributed by atoms with E-state index < -0.39 is 0 Å². The van der Waals surface area contributed by atoms with Crippen molar-refractivity contribution in [1.82, 2.24) is 5.43 Å². The Bertz CT molecular complexity index is 586. The molecule has 1 N–H and O–H groups in total. The second kappa shape index (κ2) is 6.06. The van der Waals surface area contributed by atoms with Crippen LogP contribution in [0.25, 0.3) is 0 Å². The molecule has 2 saturated carbocycles. The monoisotopic (exact) mass is 306 g/mol. The summed E-state index contributed by atoms with van der Waals surface area (Å²) in [6.07, 6.45) is 4.83. The van der Waals surface area contributed by atoms with Crippen molar-refractivity contribution in [2.24, 2.45) is 16.9 Å². The fraction of sp³-hybridized carbons (Fsp3) is 0.500. The molecule has 0 radical (unpaired) electrons. The molecule has 2 atom stereocenters. The average Bonchev–Trinajstić information content (AvgIpc) is 3.06. The largest absolute Gasteiger partial charge is 0.483 e. The number of fused-ring (bicyclic) bond motifs is 2. The number of carbonyl (C=O) groups is 1. The van der Waals surface area contributed by atoms with Crippen LogP contribution in [0.3, 0.4) is 0 Å². The quantitative estimate of drug-likeness (QED) is 0.868. The molecule has 2 bridgehead atoms. The molecule has 0 aliphatic heterocycles. The molecule has 1 amide bonds. The van der Waals surface area contributed by atoms with Crippen molar-refractivity contribution in [3.05, 3.63) is 28.8 Å². The van der Waals surface area contributed by atoms with Crippen LogP contribution in [0.5, 0.6) is 5.75 Å². The Kier molecular flexibility index (Phi) is 4.15. The van der Waals surface area contributed by atoms with Crippen molar-refractivity contribution in [1.29, 1.82) is 0 Å². The molecule has 0 heterocycles. The summed E-state index contributed by atoms with van der Waals surface area (Å²) in [4.78, 5) is 11.8. The lowest BCUT2D eigenvalue weighted by Gasteiger charge is -2.12. The van der Waals surface area contributed by atoms with E-state index in [9.17, 15) is 4.79 Å². The molecule has 1 aromatic rings. The van der Waals surface area contributed by atoms with Gasteiger partial charge in [-0.1, -0.05) is 11.6 Å². The van der Waals surface area contributed by atoms with Crippen molar-refractivity contribution in [3.8, 4) is 5.75 Å². The van der Waals surface area contributed by atoms with Gasteiger partial charge in [0.05, 0.1) is 0 Å². The van der Waals surface area contributed by atoms with Gasteiger partial charge in [-0.15, -0.1) is 0 Å². The zero-order valence-corrected chi connectivity index (χ0v) is 12.8. The van der Waals surface area contributed by atoms with Crippen LogP contribution in [0.4, 0.5) is 0 Å². The van der Waals surface area contributed by atoms with Gasteiger partial charge in [0, 0.05) is 10.7 Å². The molecular weight excluding hydrogens is 288 g/mol. The first kappa shape index (κ1) is 14.4. The van der Waals surface area contributed by atoms with E-state index in [2.05, 4.69) is 10.5 Å². The second-order valence-electron chi connectivity index (χ2n) is 5.92. The van der Waals surface area contributed by atoms with Gasteiger partial charge in [-0.3, -0.25) is 4.79 Å². The number of hydrogen-bond donors (Lipinski definition) is 1. The van der Waals surface area contributed by atoms with Crippen molar-refractivity contribution in [2.45, 2.75) is 32.6 Å². The SMILES string of the molecule is Cc1cc(Cl)ccc1OCC(=O)N/N=C1/CC2CCC1C2. The van der Waals surface area contributed by atoms with Crippen molar-refractivity contribution >= 4 is 23.2 Å². The van der Waals surface area contributed by atoms with Gasteiger partial charge in [0.1, 0.15) is 5.75 Å². The number of benzene rings is 1. The van der Waals surface area contributed by atoms with Gasteiger partial charge >= 0.3 is 0 Å². The molecule has 0 spiro atoms. The van der Waals surface area contributed by atoms with Gasteiger partial charge in [0.25, 0.3) is 5.91 Å². The summed E-state index contributed by atoms with van der Waals surface area (Å²) in [6, 6.07) is 5.33. The zero-order valence-electron chi connectivity index (χ0n) is 12.1. The number of aryl methyl sites for hydroxylation is 1. The first-order valence-corrected chi connectivity index (χ1v) is 7.74. The second-order valence-corrected chi connectivity index (χ2v) is 6.35. The summed E-state index contributed by atoms with van der Waals surface area (Å²) in [5, 5.41) is 4.93. The van der Waals surface area contributed by atoms with E-state index >= 15 is 0 Å². The number of ether oxygens (including phenoxy) is 1. The fourth-order valence-electron chi connectivity index (χ4n) is 3.25. The summed E-state index contributed by atoms with van der Waals surface area (Å²) >= 11 is 5.88. The Balaban J connectivity index is 1.49. The summed E-state index contributed by atoms with van der Waals surface area (Å²) in [5.74, 6) is 1.83. The van der Waals surface area contributed by atoms with Crippen molar-refractivity contribution in [2.75, 3.05) is 6.61 Å². The zero-order chi connectivity index (χ0) is 14.8. The molecule has 1 aromatic carbocycles. The first-order chi connectivity index (χ1) is 10.1. The van der Waals surface area contributed by atoms with E-state index in [0.29, 0.717) is 16.7 Å². The summed E-state index contributed by atoms with van der Waals surface area (Å²) in [7, 11) is 0. The molecule has 2 unspecified atom stereocenters. The molecular formula is C16H19ClN2O2. The van der Waals surface area contributed by atoms with E-state index in [4.69, 9.17) is 16.3 Å². The van der Waals surface area contributed by atoms with Crippen molar-refractivity contribution in [3.63, 3.8) is 0 Å². The molecule has 0 aromatic heterocycles. The van der Waals surface area contributed by atoms with Gasteiger partial charge < -0.3 is 4.74 Å². The standard InChI is InChI=1S/C16H19ClN2O2/c1-10-6-13(17)4-5-15(10)21-9-16(20)19-18-14-8-11-2-3-12(14)7-11/h4-6,11-12H,2-3,7-9H2,1H3,(H,19,20)/b18-14-. The number of halogens is 1. The van der Waals surface area contributed by atoms with Gasteiger partial charge in [-0.05, 0) is 68.2 Å². The topological polar surface area (TPSA) is 50.7 Å². The van der Waals surface area contributed by atoms with Crippen LogP contribution in [0.15, 0.2) is 23.3 Å². The van der Waals surface area contributed by atoms with Crippen LogP contribution >= 0.6 is 11.6 Å². The lowest BCUT2D eigenvalue weighted by molar-refractivity contribution is -0.123. The van der Waals surface area contributed by atoms with E-state index in [1.807, 2.05) is 13.0 Å². The van der Waals surface area contributed by atoms with Gasteiger partial charge in [0.15, 0.2) is 6.61 Å². The van der Waals surface area contributed by atoms with Crippen LogP contribution in [0.2, 0.25) is 5.02 Å². The molecule has 21 heavy (non-hydrogen) atoms. The Morgan fingerprint density at radius 3 is 3.00 bits per heavy atom. The summed E-state index contributed by atoms with van der Waals surface area (Å²) in [6.45, 7) is 1.86. The summed E-state index contributed by atoms with van der Waals surface area (Å²) in [5.41, 5.74) is 4.68. The van der Waals surface area contributed by atoms with E-state index in [-0.39, 0.29) is 12.5 Å². The number of rotatable bonds is 4. The Labute approximate surface area is 129 Å². The van der Waals surface area contributed by atoms with Gasteiger partial charge in [-0.25, -0.2) is 5.43 Å². The Morgan fingerprint density at radius 2 is 2.33 bits per heavy atom. The normalized spacial score (nSPS) is 25.3. The highest BCUT2D eigenvalue weighted by molar-refractivity contribution is 6.30. The average molecular weight is 307 g/mol. The highest BCUT2D eigenvalue weighted by Crippen LogP contribution is 2.42. The summed E-state index contributed by atoms with van der Waals surface area (Å²) < 4.78 is 5.49. The minimum atomic E-state index is -0.223. The molecule has 2 fully saturated rings. The molecule has 0 saturated heterocycles. The maximum absolute atomic E-state index is 11.8. The highest BCUT2D eigenvalue weighted by Gasteiger charge is 2.36. The van der Waals surface area contributed by atoms with Gasteiger partial charge in [-0.2, -0.15) is 5.10 Å². The minimum Gasteiger partial charge on any atom is -0.483 e. The number of amides is 1. The predicted octanol–water partition coefficient (Wildman–Crippen LogP) is 3.32. The third kappa shape index (κ3) is 3.38. The Hall–Kier alpha value is -1.55. The molecule has 112 valence electrons. The molecule has 4 nitrogen and oxygen atoms in total. The highest BCUT2D eigenvalue weighted by atomic mass is 35.5. The molecule has 2 aliphatic carbocycles. The molecule has 2 aliphatic rings. The molecule has 5 heteroatoms. The number of hydrazone groups is 1. The third-order valence-corrected chi connectivity index (χ3v) is 4.57. The van der Waals surface area contributed by atoms with Crippen LogP contribution < -0.4 is 10.2 Å². The van der Waals surface area contributed by atoms with Crippen molar-refractivity contribution < 1.29 is 9.53 Å². The third-order valence-electron chi connectivity index (χ3n) is 4.33. The maximum Gasteiger partial charge on any atom is 0.277 e. The number of carbonyl (C=O) groups excluding carboxylic acids is 1. The van der Waals surface area contributed by atoms with E-state index in [1.165, 1.54) is 19.3 Å². The van der Waals surface area contributed by atoms with Crippen LogP contribution in [-0.2, 0) is 4.79 Å². The maximum atomic E-state index is 11.8. The van der Waals surface area contributed by atoms with Gasteiger partial charge in [0.2, 0.25) is 0 Å². The Morgan fingerprint density at radius 1 is 1.48 bits per heavy atom. The number of nitrogens with one attached hydrogen (secondary N) is 1. The smallest absolute Gasteiger partial charge is 0.277 e. The first-order valence-electron chi connectivity index (χ1n) is 7.36. The fourth-order valence-corrected chi connectivity index (χ4v) is 3.47.